The quantitative estimate of drug-likeness (QED) is 0.718. The number of aromatic nitrogens is 2. The van der Waals surface area contributed by atoms with Crippen LogP contribution in [0.1, 0.15) is 40.6 Å². The van der Waals surface area contributed by atoms with Crippen molar-refractivity contribution in [2.75, 3.05) is 25.2 Å². The Kier molecular flexibility index (Phi) is 5.55. The maximum absolute atomic E-state index is 11.3. The highest BCUT2D eigenvalue weighted by atomic mass is 32.2. The molecule has 0 amide bonds. The molecule has 0 aliphatic carbocycles. The van der Waals surface area contributed by atoms with Crippen LogP contribution in [0.4, 0.5) is 0 Å². The number of piperidine rings is 1. The normalized spacial score (nSPS) is 25.1. The van der Waals surface area contributed by atoms with E-state index in [1.54, 1.807) is 16.0 Å². The van der Waals surface area contributed by atoms with Crippen LogP contribution in [-0.4, -0.2) is 54.3 Å². The van der Waals surface area contributed by atoms with Gasteiger partial charge in [-0.15, -0.1) is 11.3 Å². The summed E-state index contributed by atoms with van der Waals surface area (Å²) in [5.74, 6) is 0.0991. The van der Waals surface area contributed by atoms with Crippen LogP contribution in [-0.2, 0) is 39.7 Å². The first-order chi connectivity index (χ1) is 13.8. The molecule has 0 radical (unpaired) electrons. The molecule has 7 nitrogen and oxygen atoms in total. The number of thiophene rings is 1. The van der Waals surface area contributed by atoms with Gasteiger partial charge >= 0.3 is 0 Å². The predicted molar refractivity (Wildman–Crippen MR) is 111 cm³/mol. The smallest absolute Gasteiger partial charge is 0.149 e. The van der Waals surface area contributed by atoms with E-state index in [0.717, 1.165) is 42.8 Å². The summed E-state index contributed by atoms with van der Waals surface area (Å²) in [6, 6.07) is 4.66. The summed E-state index contributed by atoms with van der Waals surface area (Å²) in [6.07, 6.45) is 7.73. The predicted octanol–water partition coefficient (Wildman–Crippen LogP) is 2.31. The summed E-state index contributed by atoms with van der Waals surface area (Å²) >= 11 is 1.59. The first-order valence-corrected chi connectivity index (χ1v) is 12.8. The summed E-state index contributed by atoms with van der Waals surface area (Å²) in [5, 5.41) is 13.6. The number of aryl methyl sites for hydroxylation is 1. The van der Waals surface area contributed by atoms with Crippen LogP contribution in [0, 0.1) is 11.3 Å². The van der Waals surface area contributed by atoms with E-state index in [1.807, 2.05) is 18.5 Å². The molecule has 29 heavy (non-hydrogen) atoms. The van der Waals surface area contributed by atoms with E-state index < -0.39 is 9.84 Å². The number of nitrogens with zero attached hydrogens (tertiary/aromatic N) is 4. The monoisotopic (exact) mass is 434 g/mol. The molecular weight excluding hydrogens is 408 g/mol. The van der Waals surface area contributed by atoms with Crippen molar-refractivity contribution in [1.29, 1.82) is 5.26 Å². The summed E-state index contributed by atoms with van der Waals surface area (Å²) in [6.45, 7) is 5.03. The maximum atomic E-state index is 11.3. The highest BCUT2D eigenvalue weighted by Crippen LogP contribution is 2.47. The van der Waals surface area contributed by atoms with Crippen molar-refractivity contribution >= 4 is 21.2 Å². The number of ether oxygens (including phenoxy) is 1. The zero-order chi connectivity index (χ0) is 20.6. The number of nitriles is 1. The minimum atomic E-state index is -2.99. The third-order valence-corrected chi connectivity index (χ3v) is 8.09. The molecule has 2 aromatic heterocycles. The van der Waals surface area contributed by atoms with Crippen molar-refractivity contribution in [2.24, 2.45) is 0 Å². The van der Waals surface area contributed by atoms with Gasteiger partial charge in [0.1, 0.15) is 26.4 Å². The van der Waals surface area contributed by atoms with Crippen molar-refractivity contribution in [2.45, 2.75) is 50.9 Å². The molecule has 0 saturated carbocycles. The van der Waals surface area contributed by atoms with Gasteiger partial charge in [0.15, 0.2) is 0 Å². The molecule has 2 aromatic rings. The third-order valence-electron chi connectivity index (χ3n) is 5.90. The fourth-order valence-corrected chi connectivity index (χ4v) is 6.11. The molecule has 2 aliphatic rings. The largest absolute Gasteiger partial charge is 0.369 e. The van der Waals surface area contributed by atoms with Gasteiger partial charge in [-0.05, 0) is 37.8 Å². The van der Waals surface area contributed by atoms with E-state index in [9.17, 15) is 13.7 Å². The molecule has 9 heteroatoms. The van der Waals surface area contributed by atoms with Gasteiger partial charge in [0.05, 0.1) is 25.1 Å². The van der Waals surface area contributed by atoms with Crippen molar-refractivity contribution < 1.29 is 13.2 Å². The van der Waals surface area contributed by atoms with Crippen molar-refractivity contribution in [3.63, 3.8) is 0 Å². The van der Waals surface area contributed by atoms with Gasteiger partial charge < -0.3 is 4.74 Å². The van der Waals surface area contributed by atoms with Gasteiger partial charge in [0.2, 0.25) is 0 Å². The van der Waals surface area contributed by atoms with Gasteiger partial charge in [-0.3, -0.25) is 9.58 Å². The zero-order valence-electron chi connectivity index (χ0n) is 16.8. The Bertz CT molecular complexity index is 1040. The summed E-state index contributed by atoms with van der Waals surface area (Å²) in [7, 11) is -2.99. The van der Waals surface area contributed by atoms with E-state index in [-0.39, 0.29) is 11.4 Å². The average Bonchev–Trinajstić information content (AvgIpc) is 3.29. The number of rotatable bonds is 5. The van der Waals surface area contributed by atoms with E-state index in [0.29, 0.717) is 19.2 Å². The lowest BCUT2D eigenvalue weighted by Crippen LogP contribution is -2.49. The molecule has 4 heterocycles. The molecule has 2 aliphatic heterocycles. The molecule has 1 saturated heterocycles. The van der Waals surface area contributed by atoms with Crippen molar-refractivity contribution in [3.8, 4) is 6.07 Å². The minimum Gasteiger partial charge on any atom is -0.369 e. The van der Waals surface area contributed by atoms with Crippen LogP contribution in [0.5, 0.6) is 0 Å². The Labute approximate surface area is 175 Å². The van der Waals surface area contributed by atoms with Crippen LogP contribution in [0.25, 0.3) is 0 Å². The van der Waals surface area contributed by atoms with Crippen molar-refractivity contribution in [3.05, 3.63) is 39.3 Å². The van der Waals surface area contributed by atoms with E-state index >= 15 is 0 Å². The lowest BCUT2D eigenvalue weighted by Gasteiger charge is -2.47. The fourth-order valence-electron chi connectivity index (χ4n) is 4.41. The van der Waals surface area contributed by atoms with Crippen LogP contribution in [0.15, 0.2) is 18.5 Å². The number of hydrogen-bond donors (Lipinski definition) is 0. The van der Waals surface area contributed by atoms with E-state index in [4.69, 9.17) is 4.74 Å². The highest BCUT2D eigenvalue weighted by molar-refractivity contribution is 7.90. The highest BCUT2D eigenvalue weighted by Gasteiger charge is 2.44. The molecule has 4 rings (SSSR count). The minimum absolute atomic E-state index is 0.0991. The summed E-state index contributed by atoms with van der Waals surface area (Å²) in [4.78, 5) is 4.46. The molecular formula is C20H26N4O3S2. The van der Waals surface area contributed by atoms with Gasteiger partial charge in [-0.25, -0.2) is 8.42 Å². The molecule has 0 N–H and O–H groups in total. The Hall–Kier alpha value is -1.73. The van der Waals surface area contributed by atoms with Crippen LogP contribution in [0.2, 0.25) is 0 Å². The SMILES string of the molecule is C[C@H]1C[C@@]2(CCN1Cc1cnn(CCS(C)(=O)=O)c1)OCCc1cc(C#N)sc12. The number of fused-ring (bicyclic) bond motifs is 2. The number of likely N-dealkylation sites (tertiary alicyclic amines) is 1. The first-order valence-electron chi connectivity index (χ1n) is 9.88. The van der Waals surface area contributed by atoms with Gasteiger partial charge in [0, 0.05) is 42.0 Å². The van der Waals surface area contributed by atoms with Gasteiger partial charge in [-0.2, -0.15) is 10.4 Å². The summed E-state index contributed by atoms with van der Waals surface area (Å²) < 4.78 is 30.7. The first kappa shape index (κ1) is 20.5. The second-order valence-electron chi connectivity index (χ2n) is 8.18. The molecule has 1 spiro atoms. The second kappa shape index (κ2) is 7.84. The van der Waals surface area contributed by atoms with Crippen molar-refractivity contribution in [1.82, 2.24) is 14.7 Å². The zero-order valence-corrected chi connectivity index (χ0v) is 18.4. The second-order valence-corrected chi connectivity index (χ2v) is 11.5. The van der Waals surface area contributed by atoms with Crippen LogP contribution < -0.4 is 0 Å². The Morgan fingerprint density at radius 2 is 2.31 bits per heavy atom. The molecule has 0 aromatic carbocycles. The topological polar surface area (TPSA) is 88.2 Å². The molecule has 1 fully saturated rings. The molecule has 0 unspecified atom stereocenters. The molecule has 156 valence electrons. The third kappa shape index (κ3) is 4.40. The molecule has 0 bridgehead atoms. The number of sulfone groups is 1. The van der Waals surface area contributed by atoms with E-state index in [2.05, 4.69) is 23.0 Å². The summed E-state index contributed by atoms with van der Waals surface area (Å²) in [5.41, 5.74) is 2.11. The lowest BCUT2D eigenvalue weighted by molar-refractivity contribution is -0.110. The van der Waals surface area contributed by atoms with Crippen LogP contribution >= 0.6 is 11.3 Å². The lowest BCUT2D eigenvalue weighted by atomic mass is 9.82. The maximum Gasteiger partial charge on any atom is 0.149 e. The number of hydrogen-bond acceptors (Lipinski definition) is 7. The Morgan fingerprint density at radius 3 is 3.03 bits per heavy atom. The van der Waals surface area contributed by atoms with Crippen LogP contribution in [0.3, 0.4) is 0 Å². The Morgan fingerprint density at radius 1 is 1.48 bits per heavy atom. The van der Waals surface area contributed by atoms with Gasteiger partial charge in [0.25, 0.3) is 0 Å². The average molecular weight is 435 g/mol. The standard InChI is InChI=1S/C20H26N4O3S2/c1-15-10-20(19-17(3-7-27-20)9-18(11-21)28-19)4-5-23(15)13-16-12-22-24(14-16)6-8-29(2,25)26/h9,12,14-15H,3-8,10,13H2,1-2H3/t15-,20+/m0/s1. The molecule has 2 atom stereocenters. The fraction of sp³-hybridized carbons (Fsp3) is 0.600. The Balaban J connectivity index is 1.43. The van der Waals surface area contributed by atoms with E-state index in [1.165, 1.54) is 16.7 Å². The van der Waals surface area contributed by atoms with Gasteiger partial charge in [-0.1, -0.05) is 0 Å².